The fraction of sp³-hybridized carbons (Fsp3) is 0.200. The van der Waals surface area contributed by atoms with E-state index in [1.165, 1.54) is 12.1 Å². The Morgan fingerprint density at radius 3 is 2.93 bits per heavy atom. The lowest BCUT2D eigenvalue weighted by atomic mass is 10.2. The summed E-state index contributed by atoms with van der Waals surface area (Å²) >= 11 is 0. The summed E-state index contributed by atoms with van der Waals surface area (Å²) in [4.78, 5) is 0. The van der Waals surface area contributed by atoms with Crippen LogP contribution in [-0.2, 0) is 6.54 Å². The van der Waals surface area contributed by atoms with Crippen LogP contribution in [0.1, 0.15) is 11.3 Å². The SMILES string of the molecule is Cc1cc(F)ccc1-n1nncc1CN. The zero-order valence-electron chi connectivity index (χ0n) is 8.31. The molecule has 0 aliphatic carbocycles. The Labute approximate surface area is 86.5 Å². The van der Waals surface area contributed by atoms with Crippen molar-refractivity contribution in [3.8, 4) is 5.69 Å². The summed E-state index contributed by atoms with van der Waals surface area (Å²) in [5.74, 6) is -0.259. The van der Waals surface area contributed by atoms with Crippen molar-refractivity contribution < 1.29 is 4.39 Å². The number of hydrogen-bond acceptors (Lipinski definition) is 3. The number of halogens is 1. The lowest BCUT2D eigenvalue weighted by Gasteiger charge is -2.07. The second-order valence-electron chi connectivity index (χ2n) is 3.27. The molecular weight excluding hydrogens is 195 g/mol. The van der Waals surface area contributed by atoms with Crippen LogP contribution in [-0.4, -0.2) is 15.0 Å². The number of nitrogens with zero attached hydrogens (tertiary/aromatic N) is 3. The van der Waals surface area contributed by atoms with E-state index in [-0.39, 0.29) is 5.82 Å². The molecule has 0 fully saturated rings. The maximum Gasteiger partial charge on any atom is 0.123 e. The number of nitrogens with two attached hydrogens (primary N) is 1. The van der Waals surface area contributed by atoms with E-state index in [9.17, 15) is 4.39 Å². The molecule has 0 radical (unpaired) electrons. The van der Waals surface area contributed by atoms with Gasteiger partial charge in [0.15, 0.2) is 0 Å². The molecule has 2 aromatic rings. The molecule has 0 spiro atoms. The van der Waals surface area contributed by atoms with Crippen LogP contribution in [0, 0.1) is 12.7 Å². The van der Waals surface area contributed by atoms with Gasteiger partial charge >= 0.3 is 0 Å². The van der Waals surface area contributed by atoms with Crippen molar-refractivity contribution in [3.63, 3.8) is 0 Å². The van der Waals surface area contributed by atoms with Gasteiger partial charge in [0.05, 0.1) is 17.6 Å². The van der Waals surface area contributed by atoms with E-state index in [1.54, 1.807) is 16.9 Å². The van der Waals surface area contributed by atoms with Crippen LogP contribution in [0.15, 0.2) is 24.4 Å². The predicted molar refractivity (Wildman–Crippen MR) is 53.9 cm³/mol. The predicted octanol–water partition coefficient (Wildman–Crippen LogP) is 1.17. The molecule has 15 heavy (non-hydrogen) atoms. The van der Waals surface area contributed by atoms with Crippen LogP contribution in [0.3, 0.4) is 0 Å². The van der Waals surface area contributed by atoms with Crippen LogP contribution in [0.5, 0.6) is 0 Å². The fourth-order valence-corrected chi connectivity index (χ4v) is 1.45. The van der Waals surface area contributed by atoms with Crippen molar-refractivity contribution >= 4 is 0 Å². The van der Waals surface area contributed by atoms with Gasteiger partial charge in [-0.25, -0.2) is 9.07 Å². The quantitative estimate of drug-likeness (QED) is 0.802. The topological polar surface area (TPSA) is 56.7 Å². The summed E-state index contributed by atoms with van der Waals surface area (Å²) < 4.78 is 14.5. The first-order valence-corrected chi connectivity index (χ1v) is 4.58. The smallest absolute Gasteiger partial charge is 0.123 e. The van der Waals surface area contributed by atoms with E-state index in [2.05, 4.69) is 10.3 Å². The third-order valence-electron chi connectivity index (χ3n) is 2.22. The highest BCUT2D eigenvalue weighted by molar-refractivity contribution is 5.40. The van der Waals surface area contributed by atoms with Gasteiger partial charge in [0, 0.05) is 6.54 Å². The normalized spacial score (nSPS) is 10.6. The zero-order valence-corrected chi connectivity index (χ0v) is 8.31. The molecule has 0 aliphatic heterocycles. The van der Waals surface area contributed by atoms with Crippen molar-refractivity contribution in [2.45, 2.75) is 13.5 Å². The molecule has 1 aromatic heterocycles. The van der Waals surface area contributed by atoms with E-state index < -0.39 is 0 Å². The molecule has 0 saturated carbocycles. The molecule has 78 valence electrons. The van der Waals surface area contributed by atoms with Crippen molar-refractivity contribution in [1.29, 1.82) is 0 Å². The Kier molecular flexibility index (Phi) is 2.47. The third kappa shape index (κ3) is 1.73. The maximum atomic E-state index is 12.9. The largest absolute Gasteiger partial charge is 0.325 e. The molecule has 1 aromatic carbocycles. The highest BCUT2D eigenvalue weighted by Crippen LogP contribution is 2.15. The van der Waals surface area contributed by atoms with Gasteiger partial charge < -0.3 is 5.73 Å². The minimum atomic E-state index is -0.259. The molecule has 0 unspecified atom stereocenters. The minimum absolute atomic E-state index is 0.259. The maximum absolute atomic E-state index is 12.9. The van der Waals surface area contributed by atoms with Crippen molar-refractivity contribution in [1.82, 2.24) is 15.0 Å². The Morgan fingerprint density at radius 2 is 2.27 bits per heavy atom. The molecular formula is C10H11FN4. The first kappa shape index (κ1) is 9.79. The average molecular weight is 206 g/mol. The van der Waals surface area contributed by atoms with Gasteiger partial charge in [-0.2, -0.15) is 0 Å². The third-order valence-corrected chi connectivity index (χ3v) is 2.22. The van der Waals surface area contributed by atoms with Gasteiger partial charge in [0.2, 0.25) is 0 Å². The molecule has 2 N–H and O–H groups in total. The van der Waals surface area contributed by atoms with E-state index in [0.717, 1.165) is 16.9 Å². The molecule has 0 saturated heterocycles. The lowest BCUT2D eigenvalue weighted by Crippen LogP contribution is -2.08. The summed E-state index contributed by atoms with van der Waals surface area (Å²) in [6.45, 7) is 2.17. The first-order chi connectivity index (χ1) is 7.22. The minimum Gasteiger partial charge on any atom is -0.325 e. The van der Waals surface area contributed by atoms with Crippen LogP contribution in [0.4, 0.5) is 4.39 Å². The standard InChI is InChI=1S/C10H11FN4/c1-7-4-8(11)2-3-10(7)15-9(5-12)6-13-14-15/h2-4,6H,5,12H2,1H3. The van der Waals surface area contributed by atoms with Crippen molar-refractivity contribution in [2.24, 2.45) is 5.73 Å². The van der Waals surface area contributed by atoms with Gasteiger partial charge in [0.1, 0.15) is 5.82 Å². The Balaban J connectivity index is 2.54. The fourth-order valence-electron chi connectivity index (χ4n) is 1.45. The Hall–Kier alpha value is -1.75. The summed E-state index contributed by atoms with van der Waals surface area (Å²) in [5.41, 5.74) is 7.93. The monoisotopic (exact) mass is 206 g/mol. The van der Waals surface area contributed by atoms with Gasteiger partial charge in [0.25, 0.3) is 0 Å². The molecule has 0 atom stereocenters. The van der Waals surface area contributed by atoms with Crippen molar-refractivity contribution in [2.75, 3.05) is 0 Å². The molecule has 4 nitrogen and oxygen atoms in total. The highest BCUT2D eigenvalue weighted by atomic mass is 19.1. The molecule has 2 rings (SSSR count). The summed E-state index contributed by atoms with van der Waals surface area (Å²) in [6, 6.07) is 4.51. The Morgan fingerprint density at radius 1 is 1.47 bits per heavy atom. The summed E-state index contributed by atoms with van der Waals surface area (Å²) in [5, 5.41) is 7.68. The van der Waals surface area contributed by atoms with Gasteiger partial charge in [-0.1, -0.05) is 5.21 Å². The van der Waals surface area contributed by atoms with Crippen LogP contribution in [0.25, 0.3) is 5.69 Å². The van der Waals surface area contributed by atoms with E-state index in [0.29, 0.717) is 6.54 Å². The summed E-state index contributed by atoms with van der Waals surface area (Å²) in [6.07, 6.45) is 1.60. The molecule has 0 amide bonds. The van der Waals surface area contributed by atoms with E-state index in [1.807, 2.05) is 6.92 Å². The average Bonchev–Trinajstić information content (AvgIpc) is 2.65. The van der Waals surface area contributed by atoms with Gasteiger partial charge in [-0.3, -0.25) is 0 Å². The highest BCUT2D eigenvalue weighted by Gasteiger charge is 2.07. The second-order valence-corrected chi connectivity index (χ2v) is 3.27. The Bertz CT molecular complexity index is 478. The first-order valence-electron chi connectivity index (χ1n) is 4.58. The number of rotatable bonds is 2. The van der Waals surface area contributed by atoms with Crippen LogP contribution >= 0.6 is 0 Å². The summed E-state index contributed by atoms with van der Waals surface area (Å²) in [7, 11) is 0. The molecule has 5 heteroatoms. The van der Waals surface area contributed by atoms with E-state index in [4.69, 9.17) is 5.73 Å². The number of aromatic nitrogens is 3. The molecule has 0 aliphatic rings. The number of benzene rings is 1. The number of aryl methyl sites for hydroxylation is 1. The zero-order chi connectivity index (χ0) is 10.8. The van der Waals surface area contributed by atoms with Crippen LogP contribution < -0.4 is 5.73 Å². The number of hydrogen-bond donors (Lipinski definition) is 1. The van der Waals surface area contributed by atoms with Gasteiger partial charge in [-0.05, 0) is 30.7 Å². The van der Waals surface area contributed by atoms with E-state index >= 15 is 0 Å². The second kappa shape index (κ2) is 3.78. The van der Waals surface area contributed by atoms with Gasteiger partial charge in [-0.15, -0.1) is 5.10 Å². The molecule has 1 heterocycles. The van der Waals surface area contributed by atoms with Crippen molar-refractivity contribution in [3.05, 3.63) is 41.5 Å². The molecule has 0 bridgehead atoms. The lowest BCUT2D eigenvalue weighted by molar-refractivity contribution is 0.625. The van der Waals surface area contributed by atoms with Crippen LogP contribution in [0.2, 0.25) is 0 Å².